The Labute approximate surface area is 113 Å². The van der Waals surface area contributed by atoms with Crippen LogP contribution in [-0.2, 0) is 13.0 Å². The third-order valence-corrected chi connectivity index (χ3v) is 3.59. The SMILES string of the molecule is CC(C)(C)CCCN1CCc2[nH]c(=O)[nH]c(=O)c2C1. The van der Waals surface area contributed by atoms with Crippen molar-refractivity contribution in [2.75, 3.05) is 13.1 Å². The van der Waals surface area contributed by atoms with Crippen LogP contribution in [0.3, 0.4) is 0 Å². The van der Waals surface area contributed by atoms with Gasteiger partial charge in [-0.05, 0) is 24.8 Å². The molecule has 0 unspecified atom stereocenters. The molecule has 2 rings (SSSR count). The first-order chi connectivity index (χ1) is 8.85. The summed E-state index contributed by atoms with van der Waals surface area (Å²) in [6.45, 7) is 9.30. The van der Waals surface area contributed by atoms with Crippen LogP contribution in [0.2, 0.25) is 0 Å². The molecular formula is C14H23N3O2. The molecular weight excluding hydrogens is 242 g/mol. The second-order valence-electron chi connectivity index (χ2n) is 6.56. The highest BCUT2D eigenvalue weighted by atomic mass is 16.2. The number of nitrogens with one attached hydrogen (secondary N) is 2. The normalized spacial score (nSPS) is 16.4. The van der Waals surface area contributed by atoms with Crippen molar-refractivity contribution in [3.05, 3.63) is 32.1 Å². The van der Waals surface area contributed by atoms with E-state index in [4.69, 9.17) is 0 Å². The molecule has 0 amide bonds. The van der Waals surface area contributed by atoms with E-state index in [-0.39, 0.29) is 5.56 Å². The summed E-state index contributed by atoms with van der Waals surface area (Å²) in [5.41, 5.74) is 1.25. The van der Waals surface area contributed by atoms with Crippen LogP contribution in [0.4, 0.5) is 0 Å². The molecule has 0 saturated carbocycles. The number of fused-ring (bicyclic) bond motifs is 1. The van der Waals surface area contributed by atoms with E-state index in [1.165, 1.54) is 6.42 Å². The molecule has 0 saturated heterocycles. The molecule has 1 aliphatic rings. The van der Waals surface area contributed by atoms with Crippen molar-refractivity contribution in [2.24, 2.45) is 5.41 Å². The fraction of sp³-hybridized carbons (Fsp3) is 0.714. The highest BCUT2D eigenvalue weighted by Crippen LogP contribution is 2.21. The van der Waals surface area contributed by atoms with Crippen LogP contribution in [0.5, 0.6) is 0 Å². The van der Waals surface area contributed by atoms with Crippen LogP contribution >= 0.6 is 0 Å². The molecule has 2 heterocycles. The van der Waals surface area contributed by atoms with Crippen LogP contribution in [0.25, 0.3) is 0 Å². The number of hydrogen-bond donors (Lipinski definition) is 2. The number of H-pyrrole nitrogens is 2. The van der Waals surface area contributed by atoms with Gasteiger partial charge in [-0.1, -0.05) is 20.8 Å². The number of aromatic amines is 2. The van der Waals surface area contributed by atoms with Gasteiger partial charge in [0.05, 0.1) is 5.56 Å². The maximum Gasteiger partial charge on any atom is 0.325 e. The Balaban J connectivity index is 1.99. The molecule has 0 fully saturated rings. The molecule has 0 radical (unpaired) electrons. The van der Waals surface area contributed by atoms with Crippen molar-refractivity contribution in [1.82, 2.24) is 14.9 Å². The molecule has 0 bridgehead atoms. The minimum atomic E-state index is -0.398. The molecule has 5 heteroatoms. The van der Waals surface area contributed by atoms with Crippen molar-refractivity contribution in [2.45, 2.75) is 46.6 Å². The number of nitrogens with zero attached hydrogens (tertiary/aromatic N) is 1. The van der Waals surface area contributed by atoms with E-state index in [1.807, 2.05) is 0 Å². The van der Waals surface area contributed by atoms with E-state index in [9.17, 15) is 9.59 Å². The Morgan fingerprint density at radius 2 is 1.95 bits per heavy atom. The summed E-state index contributed by atoms with van der Waals surface area (Å²) in [6, 6.07) is 0. The first kappa shape index (κ1) is 14.1. The van der Waals surface area contributed by atoms with Crippen molar-refractivity contribution in [3.8, 4) is 0 Å². The number of hydrogen-bond acceptors (Lipinski definition) is 3. The first-order valence-electron chi connectivity index (χ1n) is 6.92. The van der Waals surface area contributed by atoms with E-state index < -0.39 is 5.69 Å². The molecule has 2 N–H and O–H groups in total. The van der Waals surface area contributed by atoms with Crippen molar-refractivity contribution < 1.29 is 0 Å². The van der Waals surface area contributed by atoms with E-state index >= 15 is 0 Å². The summed E-state index contributed by atoms with van der Waals surface area (Å²) in [4.78, 5) is 30.3. The Morgan fingerprint density at radius 1 is 1.21 bits per heavy atom. The smallest absolute Gasteiger partial charge is 0.311 e. The summed E-state index contributed by atoms with van der Waals surface area (Å²) in [5.74, 6) is 0. The second kappa shape index (κ2) is 5.33. The average molecular weight is 265 g/mol. The Morgan fingerprint density at radius 3 is 2.63 bits per heavy atom. The standard InChI is InChI=1S/C14H23N3O2/c1-14(2,3)6-4-7-17-8-5-11-10(9-17)12(18)16-13(19)15-11/h4-9H2,1-3H3,(H2,15,16,18,19). The number of rotatable bonds is 3. The van der Waals surface area contributed by atoms with E-state index in [1.54, 1.807) is 0 Å². The van der Waals surface area contributed by atoms with Gasteiger partial charge in [0.25, 0.3) is 5.56 Å². The topological polar surface area (TPSA) is 69.0 Å². The quantitative estimate of drug-likeness (QED) is 0.864. The summed E-state index contributed by atoms with van der Waals surface area (Å²) in [5, 5.41) is 0. The van der Waals surface area contributed by atoms with Gasteiger partial charge in [0, 0.05) is 25.2 Å². The van der Waals surface area contributed by atoms with Gasteiger partial charge >= 0.3 is 5.69 Å². The predicted molar refractivity (Wildman–Crippen MR) is 75.4 cm³/mol. The molecule has 0 aliphatic carbocycles. The maximum atomic E-state index is 11.8. The van der Waals surface area contributed by atoms with Crippen LogP contribution in [0.15, 0.2) is 9.59 Å². The molecule has 1 aliphatic heterocycles. The zero-order chi connectivity index (χ0) is 14.0. The third kappa shape index (κ3) is 3.80. The fourth-order valence-corrected chi connectivity index (χ4v) is 2.54. The Kier molecular flexibility index (Phi) is 3.94. The van der Waals surface area contributed by atoms with E-state index in [2.05, 4.69) is 35.6 Å². The van der Waals surface area contributed by atoms with Crippen LogP contribution in [0, 0.1) is 5.41 Å². The van der Waals surface area contributed by atoms with Crippen LogP contribution in [-0.4, -0.2) is 28.0 Å². The molecule has 0 spiro atoms. The minimum Gasteiger partial charge on any atom is -0.311 e. The summed E-state index contributed by atoms with van der Waals surface area (Å²) in [6.07, 6.45) is 3.07. The highest BCUT2D eigenvalue weighted by molar-refractivity contribution is 5.19. The first-order valence-corrected chi connectivity index (χ1v) is 6.92. The van der Waals surface area contributed by atoms with Crippen molar-refractivity contribution in [1.29, 1.82) is 0 Å². The van der Waals surface area contributed by atoms with Crippen LogP contribution in [0.1, 0.15) is 44.9 Å². The lowest BCUT2D eigenvalue weighted by molar-refractivity contribution is 0.229. The maximum absolute atomic E-state index is 11.8. The Hall–Kier alpha value is -1.36. The van der Waals surface area contributed by atoms with Gasteiger partial charge in [0.1, 0.15) is 0 Å². The second-order valence-corrected chi connectivity index (χ2v) is 6.56. The van der Waals surface area contributed by atoms with Crippen molar-refractivity contribution in [3.63, 3.8) is 0 Å². The lowest BCUT2D eigenvalue weighted by atomic mass is 9.90. The largest absolute Gasteiger partial charge is 0.325 e. The minimum absolute atomic E-state index is 0.237. The molecule has 0 aromatic carbocycles. The predicted octanol–water partition coefficient (Wildman–Crippen LogP) is 1.25. The average Bonchev–Trinajstić information content (AvgIpc) is 2.28. The van der Waals surface area contributed by atoms with Gasteiger partial charge in [-0.25, -0.2) is 4.79 Å². The monoisotopic (exact) mass is 265 g/mol. The van der Waals surface area contributed by atoms with Gasteiger partial charge in [0.15, 0.2) is 0 Å². The van der Waals surface area contributed by atoms with Gasteiger partial charge in [-0.2, -0.15) is 0 Å². The fourth-order valence-electron chi connectivity index (χ4n) is 2.54. The molecule has 19 heavy (non-hydrogen) atoms. The molecule has 0 atom stereocenters. The zero-order valence-corrected chi connectivity index (χ0v) is 12.0. The van der Waals surface area contributed by atoms with Gasteiger partial charge in [0.2, 0.25) is 0 Å². The van der Waals surface area contributed by atoms with Gasteiger partial charge in [-0.15, -0.1) is 0 Å². The molecule has 1 aromatic heterocycles. The Bertz CT molecular complexity index is 551. The van der Waals surface area contributed by atoms with Crippen molar-refractivity contribution >= 4 is 0 Å². The number of aromatic nitrogens is 2. The van der Waals surface area contributed by atoms with E-state index in [0.717, 1.165) is 37.2 Å². The summed E-state index contributed by atoms with van der Waals surface area (Å²) < 4.78 is 0. The van der Waals surface area contributed by atoms with Gasteiger partial charge < -0.3 is 4.98 Å². The van der Waals surface area contributed by atoms with Gasteiger partial charge in [-0.3, -0.25) is 14.7 Å². The summed E-state index contributed by atoms with van der Waals surface area (Å²) >= 11 is 0. The summed E-state index contributed by atoms with van der Waals surface area (Å²) in [7, 11) is 0. The van der Waals surface area contributed by atoms with E-state index in [0.29, 0.717) is 12.0 Å². The highest BCUT2D eigenvalue weighted by Gasteiger charge is 2.20. The molecule has 1 aromatic rings. The van der Waals surface area contributed by atoms with Crippen LogP contribution < -0.4 is 11.2 Å². The lowest BCUT2D eigenvalue weighted by Crippen LogP contribution is -2.39. The molecule has 5 nitrogen and oxygen atoms in total. The zero-order valence-electron chi connectivity index (χ0n) is 12.0. The lowest BCUT2D eigenvalue weighted by Gasteiger charge is -2.28. The molecule has 106 valence electrons. The third-order valence-electron chi connectivity index (χ3n) is 3.59.